The minimum atomic E-state index is -0.0951. The van der Waals surface area contributed by atoms with Crippen LogP contribution in [0.5, 0.6) is 5.75 Å². The molecular weight excluding hydrogens is 240 g/mol. The highest BCUT2D eigenvalue weighted by Crippen LogP contribution is 2.31. The highest BCUT2D eigenvalue weighted by Gasteiger charge is 2.28. The molecule has 0 unspecified atom stereocenters. The van der Waals surface area contributed by atoms with Gasteiger partial charge in [0, 0.05) is 11.1 Å². The van der Waals surface area contributed by atoms with Gasteiger partial charge in [-0.2, -0.15) is 0 Å². The summed E-state index contributed by atoms with van der Waals surface area (Å²) in [6.45, 7) is 4.41. The molecule has 100 valence electrons. The predicted molar refractivity (Wildman–Crippen MR) is 73.9 cm³/mol. The van der Waals surface area contributed by atoms with Crippen LogP contribution in [0, 0.1) is 0 Å². The van der Waals surface area contributed by atoms with Gasteiger partial charge in [0.05, 0.1) is 12.2 Å². The van der Waals surface area contributed by atoms with E-state index in [4.69, 9.17) is 4.74 Å². The van der Waals surface area contributed by atoms with Crippen LogP contribution in [0.2, 0.25) is 0 Å². The molecule has 0 fully saturated rings. The van der Waals surface area contributed by atoms with Crippen molar-refractivity contribution >= 4 is 11.6 Å². The molecule has 0 aliphatic heterocycles. The molecule has 0 radical (unpaired) electrons. The highest BCUT2D eigenvalue weighted by molar-refractivity contribution is 6.25. The predicted octanol–water partition coefficient (Wildman–Crippen LogP) is 3.58. The van der Waals surface area contributed by atoms with Crippen molar-refractivity contribution in [1.29, 1.82) is 0 Å². The molecule has 0 amide bonds. The Hall–Kier alpha value is -1.90. The summed E-state index contributed by atoms with van der Waals surface area (Å²) in [5, 5.41) is 0. The van der Waals surface area contributed by atoms with E-state index in [1.807, 2.05) is 6.92 Å². The summed E-state index contributed by atoms with van der Waals surface area (Å²) in [5.74, 6) is 0.356. The van der Waals surface area contributed by atoms with Gasteiger partial charge in [-0.3, -0.25) is 9.59 Å². The molecule has 1 aliphatic carbocycles. The van der Waals surface area contributed by atoms with E-state index in [1.54, 1.807) is 18.2 Å². The number of carbonyl (C=O) groups excluding carboxylic acids is 2. The van der Waals surface area contributed by atoms with Crippen LogP contribution in [-0.4, -0.2) is 18.2 Å². The van der Waals surface area contributed by atoms with Crippen molar-refractivity contribution < 1.29 is 14.3 Å². The number of rotatable bonds is 5. The molecule has 0 saturated heterocycles. The fourth-order valence-corrected chi connectivity index (χ4v) is 2.26. The van der Waals surface area contributed by atoms with Gasteiger partial charge in [-0.15, -0.1) is 0 Å². The smallest absolute Gasteiger partial charge is 0.193 e. The van der Waals surface area contributed by atoms with Crippen LogP contribution in [0.3, 0.4) is 0 Å². The standard InChI is InChI=1S/C16H18O3/c1-3-5-7-11-10-13(17)12-8-6-9-14(19-4-2)15(12)16(11)18/h6,8-10H,3-5,7H2,1-2H3. The van der Waals surface area contributed by atoms with E-state index in [2.05, 4.69) is 6.92 Å². The van der Waals surface area contributed by atoms with Crippen molar-refractivity contribution in [3.05, 3.63) is 41.0 Å². The molecule has 1 aromatic rings. The van der Waals surface area contributed by atoms with Crippen LogP contribution in [0.25, 0.3) is 0 Å². The first kappa shape index (κ1) is 13.5. The molecule has 0 spiro atoms. The SMILES string of the molecule is CCCCC1=CC(=O)c2cccc(OCC)c2C1=O. The lowest BCUT2D eigenvalue weighted by Gasteiger charge is -2.18. The topological polar surface area (TPSA) is 43.4 Å². The first-order valence-electron chi connectivity index (χ1n) is 6.74. The molecular formula is C16H18O3. The van der Waals surface area contributed by atoms with E-state index in [1.165, 1.54) is 6.08 Å². The number of hydrogen-bond acceptors (Lipinski definition) is 3. The van der Waals surface area contributed by atoms with Gasteiger partial charge in [-0.1, -0.05) is 25.5 Å². The van der Waals surface area contributed by atoms with Gasteiger partial charge in [-0.05, 0) is 31.9 Å². The largest absolute Gasteiger partial charge is 0.493 e. The third-order valence-electron chi connectivity index (χ3n) is 3.22. The zero-order chi connectivity index (χ0) is 13.8. The summed E-state index contributed by atoms with van der Waals surface area (Å²) in [6.07, 6.45) is 4.05. The number of benzene rings is 1. The van der Waals surface area contributed by atoms with Gasteiger partial charge in [0.1, 0.15) is 5.75 Å². The lowest BCUT2D eigenvalue weighted by Crippen LogP contribution is -2.18. The zero-order valence-corrected chi connectivity index (χ0v) is 11.4. The Morgan fingerprint density at radius 3 is 2.63 bits per heavy atom. The summed E-state index contributed by atoms with van der Waals surface area (Å²) in [4.78, 5) is 24.5. The quantitative estimate of drug-likeness (QED) is 0.810. The molecule has 1 aliphatic rings. The van der Waals surface area contributed by atoms with Crippen molar-refractivity contribution in [3.63, 3.8) is 0 Å². The minimum Gasteiger partial charge on any atom is -0.493 e. The maximum Gasteiger partial charge on any atom is 0.193 e. The van der Waals surface area contributed by atoms with Gasteiger partial charge in [0.2, 0.25) is 0 Å². The number of carbonyl (C=O) groups is 2. The Balaban J connectivity index is 2.43. The van der Waals surface area contributed by atoms with E-state index < -0.39 is 0 Å². The molecule has 19 heavy (non-hydrogen) atoms. The average Bonchev–Trinajstić information content (AvgIpc) is 2.41. The van der Waals surface area contributed by atoms with Crippen molar-refractivity contribution in [2.45, 2.75) is 33.1 Å². The number of fused-ring (bicyclic) bond motifs is 1. The number of unbranched alkanes of at least 4 members (excludes halogenated alkanes) is 1. The van der Waals surface area contributed by atoms with Crippen LogP contribution in [0.15, 0.2) is 29.8 Å². The summed E-state index contributed by atoms with van der Waals surface area (Å²) >= 11 is 0. The maximum atomic E-state index is 12.5. The highest BCUT2D eigenvalue weighted by atomic mass is 16.5. The third kappa shape index (κ3) is 2.60. The zero-order valence-electron chi connectivity index (χ0n) is 11.4. The molecule has 0 bridgehead atoms. The molecule has 0 saturated carbocycles. The van der Waals surface area contributed by atoms with Gasteiger partial charge in [0.25, 0.3) is 0 Å². The Morgan fingerprint density at radius 2 is 1.95 bits per heavy atom. The molecule has 2 rings (SSSR count). The van der Waals surface area contributed by atoms with Gasteiger partial charge in [0.15, 0.2) is 11.6 Å². The molecule has 0 N–H and O–H groups in total. The van der Waals surface area contributed by atoms with Gasteiger partial charge in [-0.25, -0.2) is 0 Å². The van der Waals surface area contributed by atoms with Crippen LogP contribution >= 0.6 is 0 Å². The number of allylic oxidation sites excluding steroid dienone is 2. The molecule has 1 aromatic carbocycles. The Labute approximate surface area is 113 Å². The Bertz CT molecular complexity index is 541. The molecule has 3 heteroatoms. The summed E-state index contributed by atoms with van der Waals surface area (Å²) in [5.41, 5.74) is 1.49. The monoisotopic (exact) mass is 258 g/mol. The van der Waals surface area contributed by atoms with Crippen LogP contribution < -0.4 is 4.74 Å². The fraction of sp³-hybridized carbons (Fsp3) is 0.375. The first-order chi connectivity index (χ1) is 9.19. The number of Topliss-reactive ketones (excluding diaryl/α,β-unsaturated/α-hetero) is 1. The lowest BCUT2D eigenvalue weighted by atomic mass is 9.87. The molecule has 3 nitrogen and oxygen atoms in total. The van der Waals surface area contributed by atoms with E-state index in [9.17, 15) is 9.59 Å². The lowest BCUT2D eigenvalue weighted by molar-refractivity contribution is 0.0977. The maximum absolute atomic E-state index is 12.5. The second-order valence-electron chi connectivity index (χ2n) is 4.58. The van der Waals surface area contributed by atoms with E-state index in [-0.39, 0.29) is 11.6 Å². The van der Waals surface area contributed by atoms with E-state index in [0.29, 0.717) is 35.5 Å². The van der Waals surface area contributed by atoms with Crippen molar-refractivity contribution in [2.24, 2.45) is 0 Å². The Kier molecular flexibility index (Phi) is 4.15. The van der Waals surface area contributed by atoms with Gasteiger partial charge < -0.3 is 4.74 Å². The average molecular weight is 258 g/mol. The number of ketones is 2. The van der Waals surface area contributed by atoms with Crippen LogP contribution in [-0.2, 0) is 0 Å². The van der Waals surface area contributed by atoms with E-state index >= 15 is 0 Å². The van der Waals surface area contributed by atoms with Crippen molar-refractivity contribution in [2.75, 3.05) is 6.61 Å². The second kappa shape index (κ2) is 5.83. The number of ether oxygens (including phenoxy) is 1. The van der Waals surface area contributed by atoms with E-state index in [0.717, 1.165) is 12.8 Å². The summed E-state index contributed by atoms with van der Waals surface area (Å²) in [7, 11) is 0. The summed E-state index contributed by atoms with van der Waals surface area (Å²) < 4.78 is 5.48. The van der Waals surface area contributed by atoms with Crippen LogP contribution in [0.4, 0.5) is 0 Å². The molecule has 0 heterocycles. The number of hydrogen-bond donors (Lipinski definition) is 0. The van der Waals surface area contributed by atoms with Crippen LogP contribution in [0.1, 0.15) is 53.8 Å². The normalized spacial score (nSPS) is 14.1. The third-order valence-corrected chi connectivity index (χ3v) is 3.22. The Morgan fingerprint density at radius 1 is 1.16 bits per heavy atom. The first-order valence-corrected chi connectivity index (χ1v) is 6.74. The van der Waals surface area contributed by atoms with Gasteiger partial charge >= 0.3 is 0 Å². The molecule has 0 aromatic heterocycles. The molecule has 0 atom stereocenters. The fourth-order valence-electron chi connectivity index (χ4n) is 2.26. The van der Waals surface area contributed by atoms with Crippen molar-refractivity contribution in [3.8, 4) is 5.75 Å². The minimum absolute atomic E-state index is 0.0629. The second-order valence-corrected chi connectivity index (χ2v) is 4.58. The van der Waals surface area contributed by atoms with Crippen molar-refractivity contribution in [1.82, 2.24) is 0 Å². The summed E-state index contributed by atoms with van der Waals surface area (Å²) in [6, 6.07) is 5.18.